The molecule has 0 aliphatic carbocycles. The molecular formula is C11H18N2. The van der Waals surface area contributed by atoms with Crippen LogP contribution in [0.1, 0.15) is 12.5 Å². The van der Waals surface area contributed by atoms with Crippen molar-refractivity contribution in [3.63, 3.8) is 0 Å². The molecule has 1 aromatic carbocycles. The van der Waals surface area contributed by atoms with Crippen molar-refractivity contribution >= 4 is 0 Å². The molecule has 0 amide bonds. The summed E-state index contributed by atoms with van der Waals surface area (Å²) >= 11 is 0. The van der Waals surface area contributed by atoms with Crippen molar-refractivity contribution in [2.75, 3.05) is 13.6 Å². The van der Waals surface area contributed by atoms with Gasteiger partial charge in [-0.15, -0.1) is 0 Å². The third-order valence-electron chi connectivity index (χ3n) is 2.37. The summed E-state index contributed by atoms with van der Waals surface area (Å²) in [5.74, 6) is 0. The van der Waals surface area contributed by atoms with Gasteiger partial charge in [-0.3, -0.25) is 4.90 Å². The Labute approximate surface area is 80.4 Å². The average molecular weight is 178 g/mol. The van der Waals surface area contributed by atoms with E-state index in [1.54, 1.807) is 0 Å². The summed E-state index contributed by atoms with van der Waals surface area (Å²) < 4.78 is 0. The summed E-state index contributed by atoms with van der Waals surface area (Å²) in [5, 5.41) is 0. The van der Waals surface area contributed by atoms with Gasteiger partial charge in [-0.2, -0.15) is 0 Å². The molecule has 0 saturated heterocycles. The Morgan fingerprint density at radius 1 is 1.31 bits per heavy atom. The van der Waals surface area contributed by atoms with Crippen LogP contribution in [-0.4, -0.2) is 24.5 Å². The maximum absolute atomic E-state index is 5.58. The summed E-state index contributed by atoms with van der Waals surface area (Å²) in [5.41, 5.74) is 6.92. The second-order valence-electron chi connectivity index (χ2n) is 3.49. The highest BCUT2D eigenvalue weighted by atomic mass is 15.1. The van der Waals surface area contributed by atoms with Crippen LogP contribution < -0.4 is 5.73 Å². The first-order valence-corrected chi connectivity index (χ1v) is 4.68. The van der Waals surface area contributed by atoms with Gasteiger partial charge >= 0.3 is 0 Å². The van der Waals surface area contributed by atoms with Crippen molar-refractivity contribution in [2.24, 2.45) is 5.73 Å². The van der Waals surface area contributed by atoms with Crippen LogP contribution in [0.3, 0.4) is 0 Å². The van der Waals surface area contributed by atoms with Gasteiger partial charge in [0.1, 0.15) is 0 Å². The van der Waals surface area contributed by atoms with Crippen LogP contribution in [0, 0.1) is 0 Å². The third kappa shape index (κ3) is 3.17. The SMILES string of the molecule is C[C@@H](CN)N(C)Cc1ccccc1. The lowest BCUT2D eigenvalue weighted by Gasteiger charge is -2.23. The highest BCUT2D eigenvalue weighted by molar-refractivity contribution is 5.14. The predicted molar refractivity (Wildman–Crippen MR) is 56.4 cm³/mol. The van der Waals surface area contributed by atoms with E-state index in [0.717, 1.165) is 6.54 Å². The second kappa shape index (κ2) is 5.00. The van der Waals surface area contributed by atoms with E-state index in [1.807, 2.05) is 6.07 Å². The van der Waals surface area contributed by atoms with E-state index in [4.69, 9.17) is 5.73 Å². The zero-order chi connectivity index (χ0) is 9.68. The first kappa shape index (κ1) is 10.2. The molecule has 1 atom stereocenters. The zero-order valence-electron chi connectivity index (χ0n) is 8.40. The van der Waals surface area contributed by atoms with Gasteiger partial charge in [-0.05, 0) is 19.5 Å². The quantitative estimate of drug-likeness (QED) is 0.756. The fourth-order valence-corrected chi connectivity index (χ4v) is 1.21. The maximum Gasteiger partial charge on any atom is 0.0234 e. The molecule has 0 aromatic heterocycles. The second-order valence-corrected chi connectivity index (χ2v) is 3.49. The van der Waals surface area contributed by atoms with E-state index in [1.165, 1.54) is 5.56 Å². The molecule has 72 valence electrons. The molecule has 0 bridgehead atoms. The average Bonchev–Trinajstić information content (AvgIpc) is 2.18. The molecule has 0 fully saturated rings. The van der Waals surface area contributed by atoms with Gasteiger partial charge in [0.2, 0.25) is 0 Å². The Morgan fingerprint density at radius 2 is 1.92 bits per heavy atom. The minimum Gasteiger partial charge on any atom is -0.329 e. The van der Waals surface area contributed by atoms with Gasteiger partial charge in [-0.25, -0.2) is 0 Å². The Kier molecular flexibility index (Phi) is 3.93. The monoisotopic (exact) mass is 178 g/mol. The van der Waals surface area contributed by atoms with Crippen LogP contribution in [0.25, 0.3) is 0 Å². The van der Waals surface area contributed by atoms with Crippen LogP contribution in [0.5, 0.6) is 0 Å². The number of benzene rings is 1. The number of nitrogens with two attached hydrogens (primary N) is 1. The summed E-state index contributed by atoms with van der Waals surface area (Å²) in [6.45, 7) is 3.82. The molecule has 0 aliphatic heterocycles. The summed E-state index contributed by atoms with van der Waals surface area (Å²) in [6, 6.07) is 10.9. The van der Waals surface area contributed by atoms with Crippen LogP contribution >= 0.6 is 0 Å². The topological polar surface area (TPSA) is 29.3 Å². The van der Waals surface area contributed by atoms with Crippen molar-refractivity contribution in [2.45, 2.75) is 19.5 Å². The molecule has 1 aromatic rings. The highest BCUT2D eigenvalue weighted by Crippen LogP contribution is 2.04. The number of hydrogen-bond donors (Lipinski definition) is 1. The van der Waals surface area contributed by atoms with Crippen molar-refractivity contribution in [3.8, 4) is 0 Å². The van der Waals surface area contributed by atoms with Gasteiger partial charge < -0.3 is 5.73 Å². The number of rotatable bonds is 4. The standard InChI is InChI=1S/C11H18N2/c1-10(8-12)13(2)9-11-6-4-3-5-7-11/h3-7,10H,8-9,12H2,1-2H3/t10-/m0/s1. The lowest BCUT2D eigenvalue weighted by atomic mass is 10.2. The molecule has 0 spiro atoms. The Balaban J connectivity index is 2.50. The number of likely N-dealkylation sites (N-methyl/N-ethyl adjacent to an activating group) is 1. The molecule has 0 aliphatic rings. The zero-order valence-corrected chi connectivity index (χ0v) is 8.40. The predicted octanol–water partition coefficient (Wildman–Crippen LogP) is 1.47. The van der Waals surface area contributed by atoms with Crippen LogP contribution in [0.4, 0.5) is 0 Å². The molecule has 1 rings (SSSR count). The Bertz CT molecular complexity index is 233. The molecule has 0 radical (unpaired) electrons. The Hall–Kier alpha value is -0.860. The van der Waals surface area contributed by atoms with Crippen molar-refractivity contribution in [1.29, 1.82) is 0 Å². The number of hydrogen-bond acceptors (Lipinski definition) is 2. The van der Waals surface area contributed by atoms with Crippen LogP contribution in [-0.2, 0) is 6.54 Å². The van der Waals surface area contributed by atoms with Crippen LogP contribution in [0.2, 0.25) is 0 Å². The van der Waals surface area contributed by atoms with E-state index in [2.05, 4.69) is 43.1 Å². The van der Waals surface area contributed by atoms with Crippen LogP contribution in [0.15, 0.2) is 30.3 Å². The summed E-state index contributed by atoms with van der Waals surface area (Å²) in [6.07, 6.45) is 0. The van der Waals surface area contributed by atoms with Gasteiger partial charge in [0, 0.05) is 19.1 Å². The normalized spacial score (nSPS) is 13.2. The fraction of sp³-hybridized carbons (Fsp3) is 0.455. The van der Waals surface area contributed by atoms with E-state index in [0.29, 0.717) is 12.6 Å². The molecule has 2 nitrogen and oxygen atoms in total. The first-order valence-electron chi connectivity index (χ1n) is 4.68. The largest absolute Gasteiger partial charge is 0.329 e. The first-order chi connectivity index (χ1) is 6.24. The summed E-state index contributed by atoms with van der Waals surface area (Å²) in [4.78, 5) is 2.26. The van der Waals surface area contributed by atoms with E-state index in [9.17, 15) is 0 Å². The van der Waals surface area contributed by atoms with E-state index >= 15 is 0 Å². The maximum atomic E-state index is 5.58. The molecule has 2 heteroatoms. The number of nitrogens with zero attached hydrogens (tertiary/aromatic N) is 1. The third-order valence-corrected chi connectivity index (χ3v) is 2.37. The minimum atomic E-state index is 0.445. The molecule has 0 heterocycles. The highest BCUT2D eigenvalue weighted by Gasteiger charge is 2.06. The Morgan fingerprint density at radius 3 is 2.46 bits per heavy atom. The molecule has 0 unspecified atom stereocenters. The van der Waals surface area contributed by atoms with Crippen molar-refractivity contribution in [3.05, 3.63) is 35.9 Å². The van der Waals surface area contributed by atoms with Gasteiger partial charge in [-0.1, -0.05) is 30.3 Å². The smallest absolute Gasteiger partial charge is 0.0234 e. The molecule has 0 saturated carbocycles. The summed E-state index contributed by atoms with van der Waals surface area (Å²) in [7, 11) is 2.10. The molecular weight excluding hydrogens is 160 g/mol. The van der Waals surface area contributed by atoms with Gasteiger partial charge in [0.15, 0.2) is 0 Å². The van der Waals surface area contributed by atoms with Gasteiger partial charge in [0.25, 0.3) is 0 Å². The minimum absolute atomic E-state index is 0.445. The molecule has 2 N–H and O–H groups in total. The molecule has 13 heavy (non-hydrogen) atoms. The van der Waals surface area contributed by atoms with Crippen molar-refractivity contribution in [1.82, 2.24) is 4.90 Å². The van der Waals surface area contributed by atoms with E-state index < -0.39 is 0 Å². The fourth-order valence-electron chi connectivity index (χ4n) is 1.21. The van der Waals surface area contributed by atoms with E-state index in [-0.39, 0.29) is 0 Å². The van der Waals surface area contributed by atoms with Gasteiger partial charge in [0.05, 0.1) is 0 Å². The van der Waals surface area contributed by atoms with Crippen molar-refractivity contribution < 1.29 is 0 Å². The lowest BCUT2D eigenvalue weighted by molar-refractivity contribution is 0.255. The lowest BCUT2D eigenvalue weighted by Crippen LogP contribution is -2.34.